The van der Waals surface area contributed by atoms with Crippen LogP contribution in [0.5, 0.6) is 0 Å². The van der Waals surface area contributed by atoms with E-state index in [2.05, 4.69) is 25.0 Å². The predicted molar refractivity (Wildman–Crippen MR) is 76.7 cm³/mol. The molecular formula is C14H22ClN3. The number of halogens is 1. The van der Waals surface area contributed by atoms with Crippen molar-refractivity contribution < 1.29 is 0 Å². The van der Waals surface area contributed by atoms with E-state index in [1.54, 1.807) is 0 Å². The molecule has 0 spiro atoms. The Labute approximate surface area is 114 Å². The Balaban J connectivity index is 2.32. The fourth-order valence-corrected chi connectivity index (χ4v) is 2.89. The van der Waals surface area contributed by atoms with Crippen LogP contribution in [0.4, 0.5) is 0 Å². The molecule has 1 fully saturated rings. The van der Waals surface area contributed by atoms with Gasteiger partial charge in [-0.2, -0.15) is 5.10 Å². The van der Waals surface area contributed by atoms with Crippen molar-refractivity contribution in [3.05, 3.63) is 22.0 Å². The molecule has 0 aromatic carbocycles. The van der Waals surface area contributed by atoms with E-state index >= 15 is 0 Å². The van der Waals surface area contributed by atoms with Crippen molar-refractivity contribution in [2.45, 2.75) is 58.5 Å². The standard InChI is InChI=1S/C14H22ClN3/c1-3-12-14(15)13(18(4-2)17-12)9-10-6-5-7-11(16)8-10/h9,11H,3-8,16H2,1-2H3/b10-9+. The normalized spacial score (nSPS) is 22.7. The highest BCUT2D eigenvalue weighted by Gasteiger charge is 2.16. The summed E-state index contributed by atoms with van der Waals surface area (Å²) < 4.78 is 1.99. The molecule has 2 rings (SSSR count). The highest BCUT2D eigenvalue weighted by atomic mass is 35.5. The molecular weight excluding hydrogens is 246 g/mol. The van der Waals surface area contributed by atoms with Crippen LogP contribution in [0.2, 0.25) is 5.02 Å². The summed E-state index contributed by atoms with van der Waals surface area (Å²) in [5, 5.41) is 5.35. The van der Waals surface area contributed by atoms with E-state index in [0.29, 0.717) is 6.04 Å². The Kier molecular flexibility index (Phi) is 4.46. The van der Waals surface area contributed by atoms with Gasteiger partial charge < -0.3 is 5.73 Å². The van der Waals surface area contributed by atoms with Crippen molar-refractivity contribution in [1.29, 1.82) is 0 Å². The first-order valence-corrected chi connectivity index (χ1v) is 7.23. The molecule has 1 atom stereocenters. The van der Waals surface area contributed by atoms with Gasteiger partial charge in [-0.25, -0.2) is 0 Å². The minimum Gasteiger partial charge on any atom is -0.327 e. The van der Waals surface area contributed by atoms with Crippen LogP contribution in [0.15, 0.2) is 5.57 Å². The predicted octanol–water partition coefficient (Wildman–Crippen LogP) is 3.40. The highest BCUT2D eigenvalue weighted by Crippen LogP contribution is 2.29. The van der Waals surface area contributed by atoms with E-state index in [9.17, 15) is 0 Å². The fraction of sp³-hybridized carbons (Fsp3) is 0.643. The summed E-state index contributed by atoms with van der Waals surface area (Å²) in [4.78, 5) is 0. The van der Waals surface area contributed by atoms with Crippen LogP contribution in [-0.2, 0) is 13.0 Å². The van der Waals surface area contributed by atoms with Gasteiger partial charge in [-0.1, -0.05) is 24.1 Å². The maximum Gasteiger partial charge on any atom is 0.0891 e. The van der Waals surface area contributed by atoms with Gasteiger partial charge in [0.15, 0.2) is 0 Å². The van der Waals surface area contributed by atoms with E-state index in [1.165, 1.54) is 12.0 Å². The molecule has 0 saturated heterocycles. The van der Waals surface area contributed by atoms with Crippen LogP contribution in [0.25, 0.3) is 6.08 Å². The zero-order chi connectivity index (χ0) is 13.1. The van der Waals surface area contributed by atoms with Gasteiger partial charge in [-0.3, -0.25) is 4.68 Å². The van der Waals surface area contributed by atoms with E-state index in [0.717, 1.165) is 48.6 Å². The summed E-state index contributed by atoms with van der Waals surface area (Å²) >= 11 is 6.40. The number of aryl methyl sites for hydroxylation is 2. The first-order chi connectivity index (χ1) is 8.65. The number of rotatable bonds is 3. The third kappa shape index (κ3) is 2.78. The first-order valence-electron chi connectivity index (χ1n) is 6.85. The molecule has 3 nitrogen and oxygen atoms in total. The van der Waals surface area contributed by atoms with Gasteiger partial charge in [-0.05, 0) is 45.1 Å². The van der Waals surface area contributed by atoms with Crippen LogP contribution in [0.3, 0.4) is 0 Å². The van der Waals surface area contributed by atoms with Gasteiger partial charge in [0.2, 0.25) is 0 Å². The second-order valence-electron chi connectivity index (χ2n) is 4.97. The molecule has 1 heterocycles. The molecule has 1 aliphatic rings. The van der Waals surface area contributed by atoms with Gasteiger partial charge in [0, 0.05) is 12.6 Å². The molecule has 1 aliphatic carbocycles. The number of aromatic nitrogens is 2. The maximum atomic E-state index is 6.40. The molecule has 1 unspecified atom stereocenters. The molecule has 0 radical (unpaired) electrons. The van der Waals surface area contributed by atoms with Gasteiger partial charge in [0.1, 0.15) is 0 Å². The lowest BCUT2D eigenvalue weighted by Gasteiger charge is -2.20. The maximum absolute atomic E-state index is 6.40. The summed E-state index contributed by atoms with van der Waals surface area (Å²) in [6.07, 6.45) is 7.54. The average molecular weight is 268 g/mol. The van der Waals surface area contributed by atoms with Gasteiger partial charge in [-0.15, -0.1) is 0 Å². The van der Waals surface area contributed by atoms with Crippen LogP contribution in [-0.4, -0.2) is 15.8 Å². The summed E-state index contributed by atoms with van der Waals surface area (Å²) in [6, 6.07) is 0.312. The first kappa shape index (κ1) is 13.6. The van der Waals surface area contributed by atoms with Crippen molar-refractivity contribution in [3.8, 4) is 0 Å². The lowest BCUT2D eigenvalue weighted by atomic mass is 9.90. The third-order valence-electron chi connectivity index (χ3n) is 3.57. The molecule has 0 aliphatic heterocycles. The lowest BCUT2D eigenvalue weighted by molar-refractivity contribution is 0.519. The van der Waals surface area contributed by atoms with E-state index in [-0.39, 0.29) is 0 Å². The summed E-state index contributed by atoms with van der Waals surface area (Å²) in [5.41, 5.74) is 9.48. The zero-order valence-electron chi connectivity index (χ0n) is 11.2. The molecule has 1 saturated carbocycles. The SMILES string of the molecule is CCc1nn(CC)c(/C=C2\CCCC(N)C2)c1Cl. The lowest BCUT2D eigenvalue weighted by Crippen LogP contribution is -2.23. The van der Waals surface area contributed by atoms with Gasteiger partial charge >= 0.3 is 0 Å². The average Bonchev–Trinajstić information content (AvgIpc) is 2.66. The Morgan fingerprint density at radius 1 is 1.50 bits per heavy atom. The largest absolute Gasteiger partial charge is 0.327 e. The van der Waals surface area contributed by atoms with Crippen molar-refractivity contribution in [2.24, 2.45) is 5.73 Å². The highest BCUT2D eigenvalue weighted by molar-refractivity contribution is 6.32. The van der Waals surface area contributed by atoms with Gasteiger partial charge in [0.05, 0.1) is 16.4 Å². The Morgan fingerprint density at radius 2 is 2.28 bits per heavy atom. The van der Waals surface area contributed by atoms with Crippen LogP contribution in [0, 0.1) is 0 Å². The van der Waals surface area contributed by atoms with E-state index < -0.39 is 0 Å². The minimum atomic E-state index is 0.312. The van der Waals surface area contributed by atoms with E-state index in [4.69, 9.17) is 17.3 Å². The molecule has 0 bridgehead atoms. The summed E-state index contributed by atoms with van der Waals surface area (Å²) in [7, 11) is 0. The van der Waals surface area contributed by atoms with Crippen LogP contribution < -0.4 is 5.73 Å². The minimum absolute atomic E-state index is 0.312. The second-order valence-corrected chi connectivity index (χ2v) is 5.35. The zero-order valence-corrected chi connectivity index (χ0v) is 12.0. The molecule has 1 aromatic rings. The fourth-order valence-electron chi connectivity index (χ4n) is 2.57. The monoisotopic (exact) mass is 267 g/mol. The molecule has 2 N–H and O–H groups in total. The summed E-state index contributed by atoms with van der Waals surface area (Å²) in [5.74, 6) is 0. The summed E-state index contributed by atoms with van der Waals surface area (Å²) in [6.45, 7) is 5.03. The second kappa shape index (κ2) is 5.89. The molecule has 4 heteroatoms. The Morgan fingerprint density at radius 3 is 2.89 bits per heavy atom. The van der Waals surface area contributed by atoms with E-state index in [1.807, 2.05) is 4.68 Å². The molecule has 1 aromatic heterocycles. The van der Waals surface area contributed by atoms with Crippen molar-refractivity contribution in [3.63, 3.8) is 0 Å². The number of hydrogen-bond acceptors (Lipinski definition) is 2. The van der Waals surface area contributed by atoms with Crippen molar-refractivity contribution in [2.75, 3.05) is 0 Å². The van der Waals surface area contributed by atoms with Crippen molar-refractivity contribution >= 4 is 17.7 Å². The molecule has 0 amide bonds. The van der Waals surface area contributed by atoms with Crippen LogP contribution in [0.1, 0.15) is 50.9 Å². The Hall–Kier alpha value is -0.800. The number of nitrogens with two attached hydrogens (primary N) is 1. The van der Waals surface area contributed by atoms with Crippen molar-refractivity contribution in [1.82, 2.24) is 9.78 Å². The van der Waals surface area contributed by atoms with Crippen LogP contribution >= 0.6 is 11.6 Å². The molecule has 100 valence electrons. The Bertz CT molecular complexity index is 448. The smallest absolute Gasteiger partial charge is 0.0891 e. The van der Waals surface area contributed by atoms with Gasteiger partial charge in [0.25, 0.3) is 0 Å². The topological polar surface area (TPSA) is 43.8 Å². The molecule has 18 heavy (non-hydrogen) atoms. The number of hydrogen-bond donors (Lipinski definition) is 1. The third-order valence-corrected chi connectivity index (χ3v) is 3.98. The number of nitrogens with zero attached hydrogens (tertiary/aromatic N) is 2. The quantitative estimate of drug-likeness (QED) is 0.912.